The average molecular weight is 380 g/mol. The van der Waals surface area contributed by atoms with E-state index in [1.807, 2.05) is 61.5 Å². The van der Waals surface area contributed by atoms with Gasteiger partial charge in [0, 0.05) is 5.56 Å². The van der Waals surface area contributed by atoms with Gasteiger partial charge in [-0.2, -0.15) is 4.98 Å². The van der Waals surface area contributed by atoms with Gasteiger partial charge in [0.05, 0.1) is 17.9 Å². The molecule has 2 aromatic heterocycles. The lowest BCUT2D eigenvalue weighted by Gasteiger charge is -2.05. The van der Waals surface area contributed by atoms with Gasteiger partial charge >= 0.3 is 0 Å². The molecule has 0 amide bonds. The minimum absolute atomic E-state index is 0.416. The number of nitrogens with zero attached hydrogens (tertiary/aromatic N) is 4. The number of aromatic nitrogens is 4. The van der Waals surface area contributed by atoms with Crippen molar-refractivity contribution in [1.29, 1.82) is 0 Å². The Hall–Kier alpha value is -3.13. The summed E-state index contributed by atoms with van der Waals surface area (Å²) in [6, 6.07) is 17.2. The van der Waals surface area contributed by atoms with Crippen molar-refractivity contribution in [2.24, 2.45) is 0 Å². The summed E-state index contributed by atoms with van der Waals surface area (Å²) in [7, 11) is 0. The van der Waals surface area contributed by atoms with Gasteiger partial charge in [-0.1, -0.05) is 47.3 Å². The number of hydrogen-bond donors (Lipinski definition) is 0. The summed E-state index contributed by atoms with van der Waals surface area (Å²) in [5.41, 5.74) is 1.65. The molecule has 2 heterocycles. The van der Waals surface area contributed by atoms with Crippen molar-refractivity contribution in [2.75, 3.05) is 6.61 Å². The second-order valence-electron chi connectivity index (χ2n) is 5.47. The lowest BCUT2D eigenvalue weighted by atomic mass is 10.2. The van der Waals surface area contributed by atoms with E-state index < -0.39 is 0 Å². The molecule has 8 heteroatoms. The van der Waals surface area contributed by atoms with Crippen LogP contribution in [0, 0.1) is 0 Å². The molecular weight excluding hydrogens is 364 g/mol. The van der Waals surface area contributed by atoms with Crippen LogP contribution in [0.1, 0.15) is 12.7 Å². The fourth-order valence-electron chi connectivity index (χ4n) is 2.44. The predicted molar refractivity (Wildman–Crippen MR) is 100 cm³/mol. The fraction of sp³-hybridized carbons (Fsp3) is 0.158. The molecule has 0 radical (unpaired) electrons. The third kappa shape index (κ3) is 4.01. The molecule has 0 unspecified atom stereocenters. The van der Waals surface area contributed by atoms with Crippen LogP contribution in [0.25, 0.3) is 22.9 Å². The van der Waals surface area contributed by atoms with E-state index >= 15 is 0 Å². The van der Waals surface area contributed by atoms with Crippen LogP contribution in [0.2, 0.25) is 0 Å². The summed E-state index contributed by atoms with van der Waals surface area (Å²) in [4.78, 5) is 4.39. The zero-order valence-electron chi connectivity index (χ0n) is 14.5. The van der Waals surface area contributed by atoms with Gasteiger partial charge in [-0.05, 0) is 31.2 Å². The highest BCUT2D eigenvalue weighted by atomic mass is 32.2. The summed E-state index contributed by atoms with van der Waals surface area (Å²) in [5.74, 6) is 2.65. The lowest BCUT2D eigenvalue weighted by molar-refractivity contribution is 0.340. The van der Waals surface area contributed by atoms with Gasteiger partial charge < -0.3 is 13.7 Å². The van der Waals surface area contributed by atoms with Crippen LogP contribution in [0.15, 0.2) is 68.8 Å². The zero-order chi connectivity index (χ0) is 18.5. The van der Waals surface area contributed by atoms with Gasteiger partial charge in [0.25, 0.3) is 17.0 Å². The Morgan fingerprint density at radius 3 is 2.63 bits per heavy atom. The van der Waals surface area contributed by atoms with Crippen molar-refractivity contribution in [3.05, 3.63) is 60.4 Å². The summed E-state index contributed by atoms with van der Waals surface area (Å²) in [6.45, 7) is 2.49. The molecule has 136 valence electrons. The van der Waals surface area contributed by atoms with E-state index in [-0.39, 0.29) is 0 Å². The average Bonchev–Trinajstić information content (AvgIpc) is 3.37. The normalized spacial score (nSPS) is 10.9. The topological polar surface area (TPSA) is 87.1 Å². The summed E-state index contributed by atoms with van der Waals surface area (Å²) in [6.07, 6.45) is 0. The van der Waals surface area contributed by atoms with Crippen molar-refractivity contribution in [1.82, 2.24) is 20.3 Å². The molecule has 0 spiro atoms. The highest BCUT2D eigenvalue weighted by Crippen LogP contribution is 2.31. The molecule has 0 N–H and O–H groups in total. The Kier molecular flexibility index (Phi) is 5.15. The second kappa shape index (κ2) is 8.05. The highest BCUT2D eigenvalue weighted by Gasteiger charge is 2.15. The zero-order valence-corrected chi connectivity index (χ0v) is 15.3. The highest BCUT2D eigenvalue weighted by molar-refractivity contribution is 7.98. The van der Waals surface area contributed by atoms with Crippen LogP contribution < -0.4 is 4.74 Å². The third-order valence-corrected chi connectivity index (χ3v) is 4.45. The maximum atomic E-state index is 5.74. The van der Waals surface area contributed by atoms with Crippen molar-refractivity contribution in [3.8, 4) is 28.7 Å². The quantitative estimate of drug-likeness (QED) is 0.434. The minimum atomic E-state index is 0.416. The number of para-hydroxylation sites is 1. The van der Waals surface area contributed by atoms with E-state index in [0.29, 0.717) is 40.9 Å². The molecule has 0 aliphatic heterocycles. The van der Waals surface area contributed by atoms with E-state index in [1.165, 1.54) is 11.8 Å². The molecule has 4 rings (SSSR count). The molecule has 2 aromatic carbocycles. The first-order valence-electron chi connectivity index (χ1n) is 8.40. The first kappa shape index (κ1) is 17.3. The number of benzene rings is 2. The summed E-state index contributed by atoms with van der Waals surface area (Å²) < 4.78 is 16.7. The molecule has 7 nitrogen and oxygen atoms in total. The van der Waals surface area contributed by atoms with E-state index in [9.17, 15) is 0 Å². The van der Waals surface area contributed by atoms with Gasteiger partial charge in [-0.25, -0.2) is 0 Å². The van der Waals surface area contributed by atoms with E-state index in [2.05, 4.69) is 20.3 Å². The van der Waals surface area contributed by atoms with Gasteiger partial charge in [-0.3, -0.25) is 0 Å². The first-order chi connectivity index (χ1) is 13.3. The summed E-state index contributed by atoms with van der Waals surface area (Å²) in [5, 5.41) is 12.6. The maximum Gasteiger partial charge on any atom is 0.277 e. The monoisotopic (exact) mass is 380 g/mol. The molecule has 0 fully saturated rings. The van der Waals surface area contributed by atoms with Crippen molar-refractivity contribution in [2.45, 2.75) is 17.9 Å². The third-order valence-electron chi connectivity index (χ3n) is 3.64. The molecule has 0 aliphatic rings. The standard InChI is InChI=1S/C19H16N4O3S/c1-2-24-15-11-7-6-10-14(15)18-21-22-19(25-18)27-12-16-20-17(26-23-16)13-8-4-3-5-9-13/h3-11H,2,12H2,1H3. The van der Waals surface area contributed by atoms with Crippen molar-refractivity contribution < 1.29 is 13.7 Å². The van der Waals surface area contributed by atoms with Crippen molar-refractivity contribution >= 4 is 11.8 Å². The minimum Gasteiger partial charge on any atom is -0.493 e. The second-order valence-corrected chi connectivity index (χ2v) is 6.40. The molecule has 0 saturated carbocycles. The number of thioether (sulfide) groups is 1. The molecule has 0 saturated heterocycles. The molecule has 0 atom stereocenters. The van der Waals surface area contributed by atoms with Gasteiger partial charge in [0.15, 0.2) is 5.82 Å². The maximum absolute atomic E-state index is 5.74. The molecule has 0 bridgehead atoms. The Morgan fingerprint density at radius 1 is 0.963 bits per heavy atom. The molecule has 27 heavy (non-hydrogen) atoms. The predicted octanol–water partition coefficient (Wildman–Crippen LogP) is 4.48. The van der Waals surface area contributed by atoms with Gasteiger partial charge in [-0.15, -0.1) is 10.2 Å². The molecule has 0 aliphatic carbocycles. The Balaban J connectivity index is 1.44. The Morgan fingerprint density at radius 2 is 1.78 bits per heavy atom. The molecular formula is C19H16N4O3S. The smallest absolute Gasteiger partial charge is 0.277 e. The van der Waals surface area contributed by atoms with Crippen LogP contribution in [-0.4, -0.2) is 26.9 Å². The Bertz CT molecular complexity index is 1020. The van der Waals surface area contributed by atoms with Crippen LogP contribution in [0.5, 0.6) is 5.75 Å². The van der Waals surface area contributed by atoms with Crippen LogP contribution >= 0.6 is 11.8 Å². The van der Waals surface area contributed by atoms with E-state index in [4.69, 9.17) is 13.7 Å². The number of ether oxygens (including phenoxy) is 1. The van der Waals surface area contributed by atoms with Crippen LogP contribution in [0.4, 0.5) is 0 Å². The number of hydrogen-bond acceptors (Lipinski definition) is 8. The Labute approximate surface area is 159 Å². The summed E-state index contributed by atoms with van der Waals surface area (Å²) >= 11 is 1.35. The van der Waals surface area contributed by atoms with Gasteiger partial charge in [0.1, 0.15) is 5.75 Å². The van der Waals surface area contributed by atoms with Crippen LogP contribution in [-0.2, 0) is 5.75 Å². The largest absolute Gasteiger partial charge is 0.493 e. The van der Waals surface area contributed by atoms with Crippen molar-refractivity contribution in [3.63, 3.8) is 0 Å². The fourth-order valence-corrected chi connectivity index (χ4v) is 3.04. The van der Waals surface area contributed by atoms with E-state index in [1.54, 1.807) is 0 Å². The SMILES string of the molecule is CCOc1ccccc1-c1nnc(SCc2noc(-c3ccccc3)n2)o1. The molecule has 4 aromatic rings. The van der Waals surface area contributed by atoms with Crippen LogP contribution in [0.3, 0.4) is 0 Å². The van der Waals surface area contributed by atoms with Gasteiger partial charge in [0.2, 0.25) is 0 Å². The lowest BCUT2D eigenvalue weighted by Crippen LogP contribution is -1.93. The van der Waals surface area contributed by atoms with E-state index in [0.717, 1.165) is 11.1 Å². The first-order valence-corrected chi connectivity index (χ1v) is 9.38. The number of rotatable bonds is 7.